The third-order valence-corrected chi connectivity index (χ3v) is 4.10. The fraction of sp³-hybridized carbons (Fsp3) is 0.0667. The second kappa shape index (κ2) is 6.09. The van der Waals surface area contributed by atoms with E-state index in [1.807, 2.05) is 41.4 Å². The van der Waals surface area contributed by atoms with Crippen molar-refractivity contribution in [3.63, 3.8) is 0 Å². The van der Waals surface area contributed by atoms with Gasteiger partial charge in [0.15, 0.2) is 0 Å². The van der Waals surface area contributed by atoms with Gasteiger partial charge in [0.2, 0.25) is 0 Å². The van der Waals surface area contributed by atoms with Gasteiger partial charge in [0.1, 0.15) is 0 Å². The van der Waals surface area contributed by atoms with Gasteiger partial charge in [0, 0.05) is 0 Å². The van der Waals surface area contributed by atoms with E-state index in [0.29, 0.717) is 0 Å². The van der Waals surface area contributed by atoms with E-state index < -0.39 is 11.7 Å². The summed E-state index contributed by atoms with van der Waals surface area (Å²) in [7, 11) is 0. The van der Waals surface area contributed by atoms with Gasteiger partial charge in [-0.05, 0) is 0 Å². The molecule has 19 heavy (non-hydrogen) atoms. The monoisotopic (exact) mass is 328 g/mol. The summed E-state index contributed by atoms with van der Waals surface area (Å²) in [5.74, 6) is 0. The first-order valence-electron chi connectivity index (χ1n) is 5.61. The SMILES string of the molecule is FC(F)(F)c1cccc([Se]/C=C/c2ccccc2)c1. The van der Waals surface area contributed by atoms with Gasteiger partial charge < -0.3 is 0 Å². The molecule has 4 heteroatoms. The summed E-state index contributed by atoms with van der Waals surface area (Å²) in [6.07, 6.45) is -2.34. The molecule has 0 fully saturated rings. The maximum atomic E-state index is 12.5. The van der Waals surface area contributed by atoms with Crippen LogP contribution in [0.5, 0.6) is 0 Å². The average Bonchev–Trinajstić information content (AvgIpc) is 2.39. The van der Waals surface area contributed by atoms with Crippen LogP contribution in [0.15, 0.2) is 59.6 Å². The van der Waals surface area contributed by atoms with Crippen molar-refractivity contribution in [1.82, 2.24) is 0 Å². The quantitative estimate of drug-likeness (QED) is 0.754. The molecule has 0 nitrogen and oxygen atoms in total. The fourth-order valence-corrected chi connectivity index (χ4v) is 3.04. The Morgan fingerprint density at radius 2 is 1.63 bits per heavy atom. The summed E-state index contributed by atoms with van der Waals surface area (Å²) < 4.78 is 38.3. The van der Waals surface area contributed by atoms with Gasteiger partial charge >= 0.3 is 116 Å². The number of rotatable bonds is 3. The molecule has 0 N–H and O–H groups in total. The van der Waals surface area contributed by atoms with Crippen molar-refractivity contribution in [2.24, 2.45) is 0 Å². The molecule has 0 spiro atoms. The van der Waals surface area contributed by atoms with Gasteiger partial charge in [0.05, 0.1) is 0 Å². The topological polar surface area (TPSA) is 0 Å². The Bertz CT molecular complexity index is 559. The van der Waals surface area contributed by atoms with Gasteiger partial charge in [-0.1, -0.05) is 0 Å². The molecule has 2 aromatic rings. The van der Waals surface area contributed by atoms with Crippen molar-refractivity contribution < 1.29 is 13.2 Å². The maximum absolute atomic E-state index is 12.5. The summed E-state index contributed by atoms with van der Waals surface area (Å²) in [6.45, 7) is 0. The second-order valence-electron chi connectivity index (χ2n) is 3.86. The molecule has 0 atom stereocenters. The number of alkyl halides is 3. The van der Waals surface area contributed by atoms with E-state index >= 15 is 0 Å². The standard InChI is InChI=1S/C15H11F3Se/c16-15(17,18)13-7-4-8-14(11-13)19-10-9-12-5-2-1-3-6-12/h1-11H/b10-9+. The first kappa shape index (κ1) is 13.9. The van der Waals surface area contributed by atoms with E-state index in [1.165, 1.54) is 12.1 Å². The first-order valence-corrected chi connectivity index (χ1v) is 7.46. The van der Waals surface area contributed by atoms with Crippen LogP contribution in [0.25, 0.3) is 6.08 Å². The predicted molar refractivity (Wildman–Crippen MR) is 72.3 cm³/mol. The van der Waals surface area contributed by atoms with Gasteiger partial charge in [-0.15, -0.1) is 0 Å². The van der Waals surface area contributed by atoms with Crippen molar-refractivity contribution in [1.29, 1.82) is 0 Å². The third-order valence-electron chi connectivity index (χ3n) is 2.43. The number of benzene rings is 2. The van der Waals surface area contributed by atoms with E-state index in [4.69, 9.17) is 0 Å². The van der Waals surface area contributed by atoms with Crippen molar-refractivity contribution in [2.75, 3.05) is 0 Å². The van der Waals surface area contributed by atoms with Gasteiger partial charge in [0.25, 0.3) is 0 Å². The molecule has 0 aliphatic rings. The van der Waals surface area contributed by atoms with Crippen molar-refractivity contribution in [3.8, 4) is 0 Å². The zero-order chi connectivity index (χ0) is 13.7. The summed E-state index contributed by atoms with van der Waals surface area (Å²) in [4.78, 5) is 1.93. The van der Waals surface area contributed by atoms with E-state index in [-0.39, 0.29) is 15.0 Å². The van der Waals surface area contributed by atoms with Crippen LogP contribution in [0.3, 0.4) is 0 Å². The zero-order valence-electron chi connectivity index (χ0n) is 9.89. The van der Waals surface area contributed by atoms with Gasteiger partial charge in [-0.2, -0.15) is 0 Å². The Morgan fingerprint density at radius 1 is 0.895 bits per heavy atom. The predicted octanol–water partition coefficient (Wildman–Crippen LogP) is 3.71. The van der Waals surface area contributed by atoms with Crippen molar-refractivity contribution >= 4 is 25.5 Å². The first-order chi connectivity index (χ1) is 9.05. The second-order valence-corrected chi connectivity index (χ2v) is 5.91. The minimum absolute atomic E-state index is 0.100. The molecule has 0 saturated heterocycles. The molecule has 0 amide bonds. The molecular weight excluding hydrogens is 316 g/mol. The molecule has 98 valence electrons. The van der Waals surface area contributed by atoms with Crippen LogP contribution >= 0.6 is 0 Å². The third kappa shape index (κ3) is 4.27. The Hall–Kier alpha value is -1.51. The zero-order valence-corrected chi connectivity index (χ0v) is 11.6. The molecule has 0 aliphatic heterocycles. The normalized spacial score (nSPS) is 11.9. The Kier molecular flexibility index (Phi) is 4.46. The van der Waals surface area contributed by atoms with E-state index in [0.717, 1.165) is 16.1 Å². The van der Waals surface area contributed by atoms with Crippen LogP contribution in [0, 0.1) is 0 Å². The molecule has 0 radical (unpaired) electrons. The molecule has 0 aliphatic carbocycles. The van der Waals surface area contributed by atoms with E-state index in [9.17, 15) is 13.2 Å². The fourth-order valence-electron chi connectivity index (χ4n) is 1.50. The summed E-state index contributed by atoms with van der Waals surface area (Å²) >= 11 is -0.100. The Labute approximate surface area is 116 Å². The number of hydrogen-bond acceptors (Lipinski definition) is 0. The minimum atomic E-state index is -4.27. The molecule has 0 unspecified atom stereocenters. The van der Waals surface area contributed by atoms with Crippen LogP contribution in [0.4, 0.5) is 13.2 Å². The molecule has 0 bridgehead atoms. The Morgan fingerprint density at radius 3 is 2.32 bits per heavy atom. The van der Waals surface area contributed by atoms with Crippen molar-refractivity contribution in [3.05, 3.63) is 70.7 Å². The van der Waals surface area contributed by atoms with Gasteiger partial charge in [-0.3, -0.25) is 0 Å². The van der Waals surface area contributed by atoms with Crippen molar-refractivity contribution in [2.45, 2.75) is 6.18 Å². The van der Waals surface area contributed by atoms with E-state index in [2.05, 4.69) is 0 Å². The molecule has 0 saturated carbocycles. The molecule has 2 aromatic carbocycles. The molecule has 0 heterocycles. The average molecular weight is 327 g/mol. The van der Waals surface area contributed by atoms with Crippen LogP contribution < -0.4 is 4.46 Å². The molecule has 2 rings (SSSR count). The van der Waals surface area contributed by atoms with Crippen LogP contribution in [-0.2, 0) is 6.18 Å². The van der Waals surface area contributed by atoms with Gasteiger partial charge in [-0.25, -0.2) is 0 Å². The summed E-state index contributed by atoms with van der Waals surface area (Å²) in [6, 6.07) is 15.2. The van der Waals surface area contributed by atoms with Crippen LogP contribution in [0.2, 0.25) is 0 Å². The molecular formula is C15H11F3Se. The number of hydrogen-bond donors (Lipinski definition) is 0. The van der Waals surface area contributed by atoms with Crippen LogP contribution in [0.1, 0.15) is 11.1 Å². The van der Waals surface area contributed by atoms with Crippen LogP contribution in [-0.4, -0.2) is 15.0 Å². The summed E-state index contributed by atoms with van der Waals surface area (Å²) in [5.41, 5.74) is 0.469. The Balaban J connectivity index is 2.06. The number of halogens is 3. The molecule has 0 aromatic heterocycles. The summed E-state index contributed by atoms with van der Waals surface area (Å²) in [5, 5.41) is 0. The van der Waals surface area contributed by atoms with E-state index in [1.54, 1.807) is 6.07 Å².